The molecule has 1 aliphatic heterocycles. The molecule has 26 heavy (non-hydrogen) atoms. The van der Waals surface area contributed by atoms with Gasteiger partial charge in [-0.15, -0.1) is 11.8 Å². The van der Waals surface area contributed by atoms with E-state index in [0.717, 1.165) is 15.8 Å². The molecule has 2 aliphatic carbocycles. The van der Waals surface area contributed by atoms with Gasteiger partial charge >= 0.3 is 4.87 Å². The SMILES string of the molecule is O=c1[nH]c2c(s1)[C@@H](/C=C/c1ccccc1[N+](=O)[O-])[C@@H]1[C@@H]3CC[C@@H](C3)[C@@H]1S2. The van der Waals surface area contributed by atoms with Crippen LogP contribution >= 0.6 is 23.1 Å². The van der Waals surface area contributed by atoms with Crippen LogP contribution in [0.4, 0.5) is 5.69 Å². The maximum Gasteiger partial charge on any atom is 0.305 e. The Kier molecular flexibility index (Phi) is 3.83. The average Bonchev–Trinajstić information content (AvgIpc) is 3.32. The summed E-state index contributed by atoms with van der Waals surface area (Å²) >= 11 is 3.16. The fourth-order valence-electron chi connectivity index (χ4n) is 5.12. The highest BCUT2D eigenvalue weighted by molar-refractivity contribution is 8.00. The van der Waals surface area contributed by atoms with E-state index in [1.54, 1.807) is 12.1 Å². The van der Waals surface area contributed by atoms with E-state index in [-0.39, 0.29) is 21.4 Å². The van der Waals surface area contributed by atoms with Crippen LogP contribution in [0.1, 0.15) is 35.6 Å². The number of allylic oxidation sites excluding steroid dienone is 1. The molecule has 1 aromatic carbocycles. The fourth-order valence-corrected chi connectivity index (χ4v) is 7.98. The summed E-state index contributed by atoms with van der Waals surface area (Å²) in [5.41, 5.74) is 0.751. The van der Waals surface area contributed by atoms with Gasteiger partial charge in [-0.05, 0) is 43.1 Å². The molecule has 3 aliphatic rings. The molecule has 2 fully saturated rings. The molecule has 2 saturated carbocycles. The van der Waals surface area contributed by atoms with Crippen LogP contribution in [0.25, 0.3) is 6.08 Å². The number of nitrogens with one attached hydrogen (secondary N) is 1. The summed E-state index contributed by atoms with van der Waals surface area (Å²) in [6, 6.07) is 6.83. The number of hydrogen-bond donors (Lipinski definition) is 1. The molecule has 0 unspecified atom stereocenters. The van der Waals surface area contributed by atoms with Crippen molar-refractivity contribution in [1.29, 1.82) is 0 Å². The zero-order valence-electron chi connectivity index (χ0n) is 14.0. The highest BCUT2D eigenvalue weighted by atomic mass is 32.2. The predicted octanol–water partition coefficient (Wildman–Crippen LogP) is 4.66. The zero-order chi connectivity index (χ0) is 17.8. The standard InChI is InChI=1S/C19H18N2O3S2/c22-19-20-18-17(26-19)13(15-11-5-6-12(9-11)16(15)25-18)8-7-10-3-1-2-4-14(10)21(23)24/h1-4,7-8,11-13,15-16H,5-6,9H2,(H,20,22)/b8-7+/t11-,12+,13+,15+,16+/m1/s1. The second-order valence-electron chi connectivity index (χ2n) is 7.40. The number of benzene rings is 1. The molecule has 2 aromatic rings. The van der Waals surface area contributed by atoms with Crippen molar-refractivity contribution in [2.24, 2.45) is 17.8 Å². The van der Waals surface area contributed by atoms with Gasteiger partial charge in [0.15, 0.2) is 0 Å². The number of fused-ring (bicyclic) bond motifs is 6. The number of nitro benzene ring substituents is 1. The molecule has 134 valence electrons. The van der Waals surface area contributed by atoms with Crippen LogP contribution in [0, 0.1) is 27.9 Å². The lowest BCUT2D eigenvalue weighted by atomic mass is 9.77. The van der Waals surface area contributed by atoms with Gasteiger partial charge in [0.1, 0.15) is 0 Å². The van der Waals surface area contributed by atoms with Crippen molar-refractivity contribution in [2.45, 2.75) is 35.5 Å². The highest BCUT2D eigenvalue weighted by Crippen LogP contribution is 2.62. The first kappa shape index (κ1) is 16.3. The Bertz CT molecular complexity index is 964. The number of aromatic nitrogens is 1. The van der Waals surface area contributed by atoms with Gasteiger partial charge in [-0.25, -0.2) is 0 Å². The van der Waals surface area contributed by atoms with E-state index in [9.17, 15) is 14.9 Å². The minimum atomic E-state index is -0.336. The molecule has 0 spiro atoms. The third-order valence-electron chi connectivity index (χ3n) is 6.13. The maximum atomic E-state index is 12.0. The van der Waals surface area contributed by atoms with E-state index in [4.69, 9.17) is 0 Å². The molecule has 2 bridgehead atoms. The fraction of sp³-hybridized carbons (Fsp3) is 0.421. The second kappa shape index (κ2) is 6.09. The van der Waals surface area contributed by atoms with E-state index in [1.165, 1.54) is 36.7 Å². The van der Waals surface area contributed by atoms with Crippen molar-refractivity contribution in [3.63, 3.8) is 0 Å². The largest absolute Gasteiger partial charge is 0.307 e. The molecule has 0 saturated heterocycles. The molecule has 7 heteroatoms. The number of thioether (sulfide) groups is 1. The van der Waals surface area contributed by atoms with Crippen LogP contribution in [-0.2, 0) is 0 Å². The second-order valence-corrected chi connectivity index (χ2v) is 9.60. The molecule has 2 heterocycles. The smallest absolute Gasteiger partial charge is 0.305 e. The Morgan fingerprint density at radius 2 is 2.04 bits per heavy atom. The van der Waals surface area contributed by atoms with Gasteiger partial charge in [-0.1, -0.05) is 35.6 Å². The van der Waals surface area contributed by atoms with Crippen LogP contribution < -0.4 is 4.87 Å². The number of hydrogen-bond acceptors (Lipinski definition) is 5. The lowest BCUT2D eigenvalue weighted by Crippen LogP contribution is -2.32. The summed E-state index contributed by atoms with van der Waals surface area (Å²) in [6.07, 6.45) is 7.86. The van der Waals surface area contributed by atoms with Gasteiger partial charge in [0.05, 0.1) is 15.5 Å². The highest BCUT2D eigenvalue weighted by Gasteiger charge is 2.53. The Hall–Kier alpha value is -1.86. The van der Waals surface area contributed by atoms with Crippen LogP contribution in [0.2, 0.25) is 0 Å². The molecule has 5 atom stereocenters. The minimum absolute atomic E-state index is 0.00101. The summed E-state index contributed by atoms with van der Waals surface area (Å²) < 4.78 is 0. The van der Waals surface area contributed by atoms with Crippen molar-refractivity contribution in [2.75, 3.05) is 0 Å². The number of H-pyrrole nitrogens is 1. The number of thiazole rings is 1. The number of rotatable bonds is 3. The summed E-state index contributed by atoms with van der Waals surface area (Å²) in [6.45, 7) is 0. The van der Waals surface area contributed by atoms with Crippen LogP contribution in [0.3, 0.4) is 0 Å². The third kappa shape index (κ3) is 2.48. The normalized spacial score (nSPS) is 31.9. The summed E-state index contributed by atoms with van der Waals surface area (Å²) in [7, 11) is 0. The molecule has 1 N–H and O–H groups in total. The van der Waals surface area contributed by atoms with Crippen LogP contribution in [-0.4, -0.2) is 15.2 Å². The molecule has 1 aromatic heterocycles. The van der Waals surface area contributed by atoms with E-state index < -0.39 is 0 Å². The minimum Gasteiger partial charge on any atom is -0.307 e. The van der Waals surface area contributed by atoms with Gasteiger partial charge in [0.25, 0.3) is 5.69 Å². The van der Waals surface area contributed by atoms with Gasteiger partial charge in [0.2, 0.25) is 0 Å². The summed E-state index contributed by atoms with van der Waals surface area (Å²) in [5.74, 6) is 2.17. The van der Waals surface area contributed by atoms with Gasteiger partial charge in [-0.2, -0.15) is 0 Å². The maximum absolute atomic E-state index is 12.0. The Balaban J connectivity index is 1.56. The van der Waals surface area contributed by atoms with Gasteiger partial charge in [-0.3, -0.25) is 14.9 Å². The quantitative estimate of drug-likeness (QED) is 0.615. The number of para-hydroxylation sites is 1. The van der Waals surface area contributed by atoms with Crippen LogP contribution in [0.15, 0.2) is 40.2 Å². The van der Waals surface area contributed by atoms with E-state index in [2.05, 4.69) is 11.1 Å². The first-order valence-corrected chi connectivity index (χ1v) is 10.6. The van der Waals surface area contributed by atoms with Crippen molar-refractivity contribution >= 4 is 34.9 Å². The van der Waals surface area contributed by atoms with Gasteiger partial charge in [0, 0.05) is 22.1 Å². The topological polar surface area (TPSA) is 76.0 Å². The number of nitro groups is 1. The zero-order valence-corrected chi connectivity index (χ0v) is 15.6. The molecule has 5 rings (SSSR count). The molecule has 0 radical (unpaired) electrons. The van der Waals surface area contributed by atoms with Gasteiger partial charge < -0.3 is 4.98 Å². The van der Waals surface area contributed by atoms with Crippen molar-refractivity contribution in [3.05, 3.63) is 60.6 Å². The van der Waals surface area contributed by atoms with Crippen molar-refractivity contribution in [3.8, 4) is 0 Å². The Morgan fingerprint density at radius 1 is 1.23 bits per heavy atom. The van der Waals surface area contributed by atoms with Crippen LogP contribution in [0.5, 0.6) is 0 Å². The van der Waals surface area contributed by atoms with E-state index >= 15 is 0 Å². The number of aromatic amines is 1. The molecule has 0 amide bonds. The molecular formula is C19H18N2O3S2. The lowest BCUT2D eigenvalue weighted by Gasteiger charge is -2.38. The number of nitrogens with zero attached hydrogens (tertiary/aromatic N) is 1. The third-order valence-corrected chi connectivity index (χ3v) is 8.77. The molecular weight excluding hydrogens is 368 g/mol. The monoisotopic (exact) mass is 386 g/mol. The van der Waals surface area contributed by atoms with E-state index in [0.29, 0.717) is 22.6 Å². The average molecular weight is 386 g/mol. The van der Waals surface area contributed by atoms with Crippen molar-refractivity contribution in [1.82, 2.24) is 4.98 Å². The first-order chi connectivity index (χ1) is 12.6. The summed E-state index contributed by atoms with van der Waals surface area (Å²) in [4.78, 5) is 27.0. The lowest BCUT2D eigenvalue weighted by molar-refractivity contribution is -0.385. The first-order valence-electron chi connectivity index (χ1n) is 8.93. The Morgan fingerprint density at radius 3 is 2.88 bits per heavy atom. The predicted molar refractivity (Wildman–Crippen MR) is 104 cm³/mol. The van der Waals surface area contributed by atoms with E-state index in [1.807, 2.05) is 23.9 Å². The Labute approximate surface area is 158 Å². The molecule has 5 nitrogen and oxygen atoms in total. The van der Waals surface area contributed by atoms with Crippen molar-refractivity contribution < 1.29 is 4.92 Å². The summed E-state index contributed by atoms with van der Waals surface area (Å²) in [5, 5.41) is 12.9.